The molecule has 0 aliphatic heterocycles. The number of rotatable bonds is 2. The highest BCUT2D eigenvalue weighted by Gasteiger charge is 2.03. The summed E-state index contributed by atoms with van der Waals surface area (Å²) in [5.74, 6) is 0. The van der Waals surface area contributed by atoms with E-state index in [2.05, 4.69) is 20.4 Å². The first-order chi connectivity index (χ1) is 8.93. The molecule has 0 N–H and O–H groups in total. The molecule has 0 aliphatic carbocycles. The topological polar surface area (TPSA) is 51.6 Å². The van der Waals surface area contributed by atoms with E-state index in [9.17, 15) is 0 Å². The zero-order chi connectivity index (χ0) is 12.2. The fraction of sp³-hybridized carbons (Fsp3) is 0. The molecule has 4 heteroatoms. The van der Waals surface area contributed by atoms with Crippen LogP contribution in [0.1, 0.15) is 0 Å². The molecule has 0 saturated heterocycles. The van der Waals surface area contributed by atoms with E-state index in [4.69, 9.17) is 0 Å². The molecule has 0 atom stereocenters. The lowest BCUT2D eigenvalue weighted by atomic mass is 10.1. The van der Waals surface area contributed by atoms with E-state index in [1.807, 2.05) is 48.5 Å². The minimum atomic E-state index is 0.850. The van der Waals surface area contributed by atoms with Gasteiger partial charge in [0.15, 0.2) is 0 Å². The zero-order valence-electron chi connectivity index (χ0n) is 9.56. The van der Waals surface area contributed by atoms with Crippen molar-refractivity contribution < 1.29 is 0 Å². The number of aromatic nitrogens is 4. The smallest absolute Gasteiger partial charge is 0.0929 e. The average Bonchev–Trinajstić information content (AvgIpc) is 2.49. The van der Waals surface area contributed by atoms with Crippen LogP contribution in [0.3, 0.4) is 0 Å². The van der Waals surface area contributed by atoms with E-state index in [1.54, 1.807) is 12.4 Å². The van der Waals surface area contributed by atoms with Crippen molar-refractivity contribution in [3.8, 4) is 22.5 Å². The van der Waals surface area contributed by atoms with E-state index in [0.29, 0.717) is 0 Å². The van der Waals surface area contributed by atoms with Crippen LogP contribution in [0, 0.1) is 0 Å². The summed E-state index contributed by atoms with van der Waals surface area (Å²) in [5.41, 5.74) is 3.74. The quantitative estimate of drug-likeness (QED) is 0.684. The molecule has 86 valence electrons. The van der Waals surface area contributed by atoms with Crippen molar-refractivity contribution in [3.05, 3.63) is 60.9 Å². The van der Waals surface area contributed by atoms with E-state index in [1.165, 1.54) is 0 Å². The molecule has 0 spiro atoms. The molecule has 0 bridgehead atoms. The van der Waals surface area contributed by atoms with Gasteiger partial charge in [-0.1, -0.05) is 18.2 Å². The first kappa shape index (κ1) is 10.5. The largest absolute Gasteiger partial charge is 0.159 e. The molecule has 0 saturated carbocycles. The number of hydrogen-bond donors (Lipinski definition) is 0. The van der Waals surface area contributed by atoms with E-state index < -0.39 is 0 Å². The Morgan fingerprint density at radius 3 is 1.61 bits per heavy atom. The first-order valence-electron chi connectivity index (χ1n) is 5.60. The van der Waals surface area contributed by atoms with Crippen LogP contribution in [-0.2, 0) is 0 Å². The monoisotopic (exact) mass is 234 g/mol. The van der Waals surface area contributed by atoms with Crippen LogP contribution in [0.4, 0.5) is 0 Å². The summed E-state index contributed by atoms with van der Waals surface area (Å²) >= 11 is 0. The van der Waals surface area contributed by atoms with Gasteiger partial charge in [-0.05, 0) is 30.3 Å². The van der Waals surface area contributed by atoms with Gasteiger partial charge in [-0.2, -0.15) is 20.4 Å². The molecular weight excluding hydrogens is 224 g/mol. The Bertz CT molecular complexity index is 583. The number of benzene rings is 1. The van der Waals surface area contributed by atoms with Crippen LogP contribution in [0.2, 0.25) is 0 Å². The molecule has 2 aromatic heterocycles. The van der Waals surface area contributed by atoms with Crippen LogP contribution in [0.25, 0.3) is 22.5 Å². The Kier molecular flexibility index (Phi) is 2.75. The van der Waals surface area contributed by atoms with Gasteiger partial charge in [0.1, 0.15) is 0 Å². The Morgan fingerprint density at radius 2 is 1.17 bits per heavy atom. The van der Waals surface area contributed by atoms with Gasteiger partial charge in [-0.15, -0.1) is 0 Å². The maximum absolute atomic E-state index is 4.10. The molecule has 0 amide bonds. The van der Waals surface area contributed by atoms with E-state index >= 15 is 0 Å². The third kappa shape index (κ3) is 2.08. The highest BCUT2D eigenvalue weighted by atomic mass is 15.1. The van der Waals surface area contributed by atoms with Crippen molar-refractivity contribution in [1.29, 1.82) is 0 Å². The lowest BCUT2D eigenvalue weighted by Gasteiger charge is -2.03. The third-order valence-corrected chi connectivity index (χ3v) is 2.60. The SMILES string of the molecule is c1cc(-c2cccnn2)cc(-c2cccnn2)c1. The van der Waals surface area contributed by atoms with Crippen molar-refractivity contribution in [2.75, 3.05) is 0 Å². The number of nitrogens with zero attached hydrogens (tertiary/aromatic N) is 4. The van der Waals surface area contributed by atoms with E-state index in [0.717, 1.165) is 22.5 Å². The molecule has 0 unspecified atom stereocenters. The van der Waals surface area contributed by atoms with Crippen LogP contribution in [-0.4, -0.2) is 20.4 Å². The standard InChI is InChI=1S/C14H10N4/c1-4-11(13-6-2-8-15-17-13)10-12(5-1)14-7-3-9-16-18-14/h1-10H. The molecule has 3 aromatic rings. The summed E-state index contributed by atoms with van der Waals surface area (Å²) in [6.07, 6.45) is 3.33. The summed E-state index contributed by atoms with van der Waals surface area (Å²) in [6, 6.07) is 15.6. The Balaban J connectivity index is 2.05. The molecule has 2 heterocycles. The van der Waals surface area contributed by atoms with Gasteiger partial charge in [-0.3, -0.25) is 0 Å². The molecule has 0 fully saturated rings. The van der Waals surface area contributed by atoms with Gasteiger partial charge in [0.25, 0.3) is 0 Å². The average molecular weight is 234 g/mol. The predicted octanol–water partition coefficient (Wildman–Crippen LogP) is 2.60. The van der Waals surface area contributed by atoms with Gasteiger partial charge in [0, 0.05) is 23.5 Å². The summed E-state index contributed by atoms with van der Waals surface area (Å²) < 4.78 is 0. The lowest BCUT2D eigenvalue weighted by molar-refractivity contribution is 1.03. The third-order valence-electron chi connectivity index (χ3n) is 2.60. The minimum absolute atomic E-state index is 0.850. The van der Waals surface area contributed by atoms with Crippen molar-refractivity contribution >= 4 is 0 Å². The van der Waals surface area contributed by atoms with Crippen LogP contribution in [0.5, 0.6) is 0 Å². The molecule has 0 aliphatic rings. The maximum atomic E-state index is 4.10. The second kappa shape index (κ2) is 4.71. The Morgan fingerprint density at radius 1 is 0.611 bits per heavy atom. The van der Waals surface area contributed by atoms with Gasteiger partial charge in [0.05, 0.1) is 11.4 Å². The molecule has 1 aromatic carbocycles. The molecule has 3 rings (SSSR count). The highest BCUT2D eigenvalue weighted by molar-refractivity contribution is 5.68. The van der Waals surface area contributed by atoms with Crippen LogP contribution >= 0.6 is 0 Å². The first-order valence-corrected chi connectivity index (χ1v) is 5.60. The number of hydrogen-bond acceptors (Lipinski definition) is 4. The summed E-state index contributed by atoms with van der Waals surface area (Å²) in [5, 5.41) is 16.0. The fourth-order valence-corrected chi connectivity index (χ4v) is 1.75. The van der Waals surface area contributed by atoms with Crippen molar-refractivity contribution in [2.45, 2.75) is 0 Å². The summed E-state index contributed by atoms with van der Waals surface area (Å²) in [4.78, 5) is 0. The second-order valence-electron chi connectivity index (χ2n) is 3.80. The minimum Gasteiger partial charge on any atom is -0.159 e. The predicted molar refractivity (Wildman–Crippen MR) is 68.5 cm³/mol. The van der Waals surface area contributed by atoms with Crippen molar-refractivity contribution in [2.24, 2.45) is 0 Å². The van der Waals surface area contributed by atoms with Gasteiger partial charge in [0.2, 0.25) is 0 Å². The Hall–Kier alpha value is -2.62. The maximum Gasteiger partial charge on any atom is 0.0929 e. The van der Waals surface area contributed by atoms with Crippen molar-refractivity contribution in [3.63, 3.8) is 0 Å². The summed E-state index contributed by atoms with van der Waals surface area (Å²) in [6.45, 7) is 0. The van der Waals surface area contributed by atoms with Gasteiger partial charge >= 0.3 is 0 Å². The van der Waals surface area contributed by atoms with E-state index in [-0.39, 0.29) is 0 Å². The normalized spacial score (nSPS) is 10.2. The highest BCUT2D eigenvalue weighted by Crippen LogP contribution is 2.22. The molecule has 0 radical (unpaired) electrons. The zero-order valence-corrected chi connectivity index (χ0v) is 9.56. The Labute approximate surface area is 104 Å². The molecule has 18 heavy (non-hydrogen) atoms. The fourth-order valence-electron chi connectivity index (χ4n) is 1.75. The van der Waals surface area contributed by atoms with Crippen LogP contribution < -0.4 is 0 Å². The van der Waals surface area contributed by atoms with Crippen LogP contribution in [0.15, 0.2) is 60.9 Å². The van der Waals surface area contributed by atoms with Crippen molar-refractivity contribution in [1.82, 2.24) is 20.4 Å². The lowest BCUT2D eigenvalue weighted by Crippen LogP contribution is -1.88. The molecular formula is C14H10N4. The van der Waals surface area contributed by atoms with Gasteiger partial charge in [-0.25, -0.2) is 0 Å². The summed E-state index contributed by atoms with van der Waals surface area (Å²) in [7, 11) is 0. The molecule has 4 nitrogen and oxygen atoms in total. The van der Waals surface area contributed by atoms with Gasteiger partial charge < -0.3 is 0 Å². The second-order valence-corrected chi connectivity index (χ2v) is 3.80.